The smallest absolute Gasteiger partial charge is 0.240 e. The van der Waals surface area contributed by atoms with Crippen LogP contribution in [0.5, 0.6) is 0 Å². The number of pyridine rings is 1. The maximum Gasteiger partial charge on any atom is 0.240 e. The molecule has 1 aliphatic heterocycles. The lowest BCUT2D eigenvalue weighted by molar-refractivity contribution is -0.345. The summed E-state index contributed by atoms with van der Waals surface area (Å²) < 4.78 is 0. The van der Waals surface area contributed by atoms with E-state index in [1.807, 2.05) is 6.20 Å². The molecule has 84 valence electrons. The highest BCUT2D eigenvalue weighted by molar-refractivity contribution is 6.33. The average molecular weight is 238 g/mol. The molecular formula is C11H14ClN4+. The van der Waals surface area contributed by atoms with Crippen molar-refractivity contribution in [2.45, 2.75) is 18.9 Å². The van der Waals surface area contributed by atoms with E-state index in [0.29, 0.717) is 11.2 Å². The predicted octanol–water partition coefficient (Wildman–Crippen LogP) is 1.80. The van der Waals surface area contributed by atoms with E-state index in [0.717, 1.165) is 17.6 Å². The van der Waals surface area contributed by atoms with Gasteiger partial charge in [0.2, 0.25) is 11.8 Å². The topological polar surface area (TPSA) is 46.1 Å². The van der Waals surface area contributed by atoms with Crippen LogP contribution in [0.15, 0.2) is 12.5 Å². The molecule has 0 bridgehead atoms. The fourth-order valence-electron chi connectivity index (χ4n) is 2.53. The maximum atomic E-state index is 6.04. The molecule has 2 aromatic rings. The third-order valence-electron chi connectivity index (χ3n) is 3.37. The molecule has 0 aliphatic carbocycles. The number of aromatic amines is 2. The highest BCUT2D eigenvalue weighted by Gasteiger charge is 2.27. The zero-order valence-electron chi connectivity index (χ0n) is 9.13. The van der Waals surface area contributed by atoms with E-state index in [4.69, 9.17) is 11.6 Å². The Labute approximate surface area is 98.6 Å². The predicted molar refractivity (Wildman–Crippen MR) is 62.3 cm³/mol. The van der Waals surface area contributed by atoms with Gasteiger partial charge in [0.25, 0.3) is 0 Å². The van der Waals surface area contributed by atoms with Crippen molar-refractivity contribution in [3.05, 3.63) is 23.2 Å². The van der Waals surface area contributed by atoms with Crippen LogP contribution in [-0.2, 0) is 0 Å². The van der Waals surface area contributed by atoms with Crippen molar-refractivity contribution in [3.8, 4) is 0 Å². The molecule has 3 heterocycles. The van der Waals surface area contributed by atoms with Crippen LogP contribution in [0.2, 0.25) is 5.15 Å². The molecule has 2 N–H and O–H groups in total. The largest absolute Gasteiger partial charge is 0.299 e. The van der Waals surface area contributed by atoms with Crippen molar-refractivity contribution in [3.63, 3.8) is 0 Å². The standard InChI is InChI=1S/C11H13ClN4/c1-16-4-2-3-8(16)7-5-13-11(12)10-9(7)14-6-15-10/h5-6,8H,2-4H2,1H3,(H,14,15)/p+1/t8-/m0/s1. The molecule has 0 radical (unpaired) electrons. The Morgan fingerprint density at radius 2 is 2.50 bits per heavy atom. The van der Waals surface area contributed by atoms with Crippen molar-refractivity contribution in [2.75, 3.05) is 13.6 Å². The molecule has 3 rings (SSSR count). The third kappa shape index (κ3) is 1.41. The van der Waals surface area contributed by atoms with Crippen molar-refractivity contribution >= 4 is 22.6 Å². The number of nitrogens with one attached hydrogen (secondary N) is 2. The number of rotatable bonds is 1. The fourth-order valence-corrected chi connectivity index (χ4v) is 2.72. The van der Waals surface area contributed by atoms with Gasteiger partial charge >= 0.3 is 0 Å². The van der Waals surface area contributed by atoms with E-state index >= 15 is 0 Å². The quantitative estimate of drug-likeness (QED) is 0.769. The van der Waals surface area contributed by atoms with Gasteiger partial charge in [0.1, 0.15) is 0 Å². The molecular weight excluding hydrogens is 224 g/mol. The van der Waals surface area contributed by atoms with E-state index in [1.54, 1.807) is 6.33 Å². The van der Waals surface area contributed by atoms with E-state index < -0.39 is 0 Å². The van der Waals surface area contributed by atoms with Crippen molar-refractivity contribution in [1.29, 1.82) is 0 Å². The van der Waals surface area contributed by atoms with Gasteiger partial charge in [0, 0.05) is 17.8 Å². The van der Waals surface area contributed by atoms with Crippen LogP contribution in [0.1, 0.15) is 24.4 Å². The van der Waals surface area contributed by atoms with Gasteiger partial charge in [-0.15, -0.1) is 0 Å². The van der Waals surface area contributed by atoms with Crippen LogP contribution >= 0.6 is 11.6 Å². The van der Waals surface area contributed by atoms with Crippen LogP contribution in [0.4, 0.5) is 0 Å². The second kappa shape index (κ2) is 3.71. The number of imidazole rings is 1. The summed E-state index contributed by atoms with van der Waals surface area (Å²) in [6.07, 6.45) is 6.13. The van der Waals surface area contributed by atoms with E-state index in [2.05, 4.69) is 26.9 Å². The number of halogens is 1. The lowest BCUT2D eigenvalue weighted by atomic mass is 10.1. The van der Waals surface area contributed by atoms with Crippen molar-refractivity contribution < 1.29 is 4.98 Å². The Balaban J connectivity index is 2.16. The summed E-state index contributed by atoms with van der Waals surface area (Å²) in [6.45, 7) is 1.15. The lowest BCUT2D eigenvalue weighted by Crippen LogP contribution is -2.19. The number of H-pyrrole nitrogens is 2. The summed E-state index contributed by atoms with van der Waals surface area (Å²) in [5.74, 6) is 0. The number of likely N-dealkylation sites (tertiary alicyclic amines) is 1. The highest BCUT2D eigenvalue weighted by Crippen LogP contribution is 2.33. The number of fused-ring (bicyclic) bond motifs is 1. The summed E-state index contributed by atoms with van der Waals surface area (Å²) in [5.41, 5.74) is 3.22. The Morgan fingerprint density at radius 1 is 1.62 bits per heavy atom. The molecule has 0 unspecified atom stereocenters. The SMILES string of the molecule is CN1CCC[C@H]1c1cnc(Cl)c2[nH]c[nH+]c12. The molecule has 1 atom stereocenters. The first-order valence-electron chi connectivity index (χ1n) is 5.51. The Bertz CT molecular complexity index is 522. The summed E-state index contributed by atoms with van der Waals surface area (Å²) in [7, 11) is 2.16. The normalized spacial score (nSPS) is 22.0. The second-order valence-corrected chi connectivity index (χ2v) is 4.68. The first-order chi connectivity index (χ1) is 7.77. The van der Waals surface area contributed by atoms with Gasteiger partial charge in [-0.3, -0.25) is 4.90 Å². The number of hydrogen-bond acceptors (Lipinski definition) is 2. The second-order valence-electron chi connectivity index (χ2n) is 4.33. The molecule has 0 aromatic carbocycles. The minimum absolute atomic E-state index is 0.458. The molecule has 5 heteroatoms. The van der Waals surface area contributed by atoms with Crippen LogP contribution in [0.25, 0.3) is 11.0 Å². The molecule has 4 nitrogen and oxygen atoms in total. The summed E-state index contributed by atoms with van der Waals surface area (Å²) in [4.78, 5) is 12.9. The zero-order chi connectivity index (χ0) is 11.1. The fraction of sp³-hybridized carbons (Fsp3) is 0.455. The Hall–Kier alpha value is -1.13. The third-order valence-corrected chi connectivity index (χ3v) is 3.66. The summed E-state index contributed by atoms with van der Waals surface area (Å²) >= 11 is 6.04. The Kier molecular flexibility index (Phi) is 2.33. The molecule has 0 spiro atoms. The first kappa shape index (κ1) is 10.1. The minimum Gasteiger partial charge on any atom is -0.299 e. The highest BCUT2D eigenvalue weighted by atomic mass is 35.5. The van der Waals surface area contributed by atoms with Crippen LogP contribution < -0.4 is 4.98 Å². The van der Waals surface area contributed by atoms with Crippen molar-refractivity contribution in [2.24, 2.45) is 0 Å². The monoisotopic (exact) mass is 237 g/mol. The number of hydrogen-bond donors (Lipinski definition) is 1. The molecule has 1 aliphatic rings. The average Bonchev–Trinajstić information content (AvgIpc) is 2.88. The van der Waals surface area contributed by atoms with Gasteiger partial charge in [0.05, 0.1) is 0 Å². The summed E-state index contributed by atoms with van der Waals surface area (Å²) in [6, 6.07) is 0.458. The Morgan fingerprint density at radius 3 is 3.25 bits per heavy atom. The van der Waals surface area contributed by atoms with Crippen molar-refractivity contribution in [1.82, 2.24) is 14.9 Å². The number of aromatic nitrogens is 3. The molecule has 2 aromatic heterocycles. The van der Waals surface area contributed by atoms with Gasteiger partial charge < -0.3 is 0 Å². The molecule has 1 saturated heterocycles. The van der Waals surface area contributed by atoms with E-state index in [1.165, 1.54) is 18.4 Å². The van der Waals surface area contributed by atoms with Gasteiger partial charge in [-0.05, 0) is 26.4 Å². The first-order valence-corrected chi connectivity index (χ1v) is 5.88. The minimum atomic E-state index is 0.458. The van der Waals surface area contributed by atoms with Crippen LogP contribution in [0.3, 0.4) is 0 Å². The van der Waals surface area contributed by atoms with Crippen LogP contribution in [-0.4, -0.2) is 28.5 Å². The van der Waals surface area contributed by atoms with Gasteiger partial charge in [-0.2, -0.15) is 0 Å². The molecule has 0 amide bonds. The van der Waals surface area contributed by atoms with Gasteiger partial charge in [0.15, 0.2) is 10.7 Å². The van der Waals surface area contributed by atoms with E-state index in [-0.39, 0.29) is 0 Å². The zero-order valence-corrected chi connectivity index (χ0v) is 9.88. The van der Waals surface area contributed by atoms with E-state index in [9.17, 15) is 0 Å². The van der Waals surface area contributed by atoms with Gasteiger partial charge in [-0.25, -0.2) is 15.0 Å². The molecule has 16 heavy (non-hydrogen) atoms. The molecule has 1 fully saturated rings. The molecule has 0 saturated carbocycles. The van der Waals surface area contributed by atoms with Crippen LogP contribution in [0, 0.1) is 0 Å². The lowest BCUT2D eigenvalue weighted by Gasteiger charge is -2.18. The van der Waals surface area contributed by atoms with Gasteiger partial charge in [-0.1, -0.05) is 11.6 Å². The summed E-state index contributed by atoms with van der Waals surface area (Å²) in [5, 5.41) is 0.528. The maximum absolute atomic E-state index is 6.04. The number of nitrogens with zero attached hydrogens (tertiary/aromatic N) is 2.